The van der Waals surface area contributed by atoms with Crippen LogP contribution in [0.25, 0.3) is 16.4 Å². The first-order valence-corrected chi connectivity index (χ1v) is 11.7. The molecule has 5 nitrogen and oxygen atoms in total. The number of nitrogens with one attached hydrogen (secondary N) is 1. The predicted octanol–water partition coefficient (Wildman–Crippen LogP) is 6.27. The summed E-state index contributed by atoms with van der Waals surface area (Å²) in [7, 11) is 1.68. The lowest BCUT2D eigenvalue weighted by molar-refractivity contribution is 0.412. The topological polar surface area (TPSA) is 52.0 Å². The Morgan fingerprint density at radius 3 is 2.67 bits per heavy atom. The van der Waals surface area contributed by atoms with Crippen molar-refractivity contribution in [2.75, 3.05) is 17.6 Å². The molecule has 0 amide bonds. The Kier molecular flexibility index (Phi) is 6.62. The van der Waals surface area contributed by atoms with Gasteiger partial charge in [-0.3, -0.25) is 9.29 Å². The van der Waals surface area contributed by atoms with E-state index in [2.05, 4.69) is 40.0 Å². The molecule has 2 aromatic heterocycles. The molecule has 2 heterocycles. The number of anilines is 1. The first-order chi connectivity index (χ1) is 14.7. The molecule has 4 rings (SSSR count). The largest absolute Gasteiger partial charge is 0.495 e. The highest BCUT2D eigenvalue weighted by Crippen LogP contribution is 2.35. The molecular weight excluding hydrogens is 436 g/mol. The van der Waals surface area contributed by atoms with E-state index < -0.39 is 0 Å². The van der Waals surface area contributed by atoms with Gasteiger partial charge in [-0.25, -0.2) is 0 Å². The van der Waals surface area contributed by atoms with Crippen molar-refractivity contribution in [3.8, 4) is 22.1 Å². The van der Waals surface area contributed by atoms with Crippen LogP contribution in [0.5, 0.6) is 5.75 Å². The minimum Gasteiger partial charge on any atom is -0.495 e. The Bertz CT molecular complexity index is 1110. The van der Waals surface area contributed by atoms with Gasteiger partial charge in [0.05, 0.1) is 17.7 Å². The summed E-state index contributed by atoms with van der Waals surface area (Å²) in [6.07, 6.45) is 0.925. The third kappa shape index (κ3) is 4.48. The second-order valence-electron chi connectivity index (χ2n) is 6.61. The van der Waals surface area contributed by atoms with Crippen molar-refractivity contribution in [1.29, 1.82) is 0 Å². The number of rotatable bonds is 8. The molecule has 0 bridgehead atoms. The van der Waals surface area contributed by atoms with Crippen molar-refractivity contribution in [1.82, 2.24) is 14.8 Å². The minimum atomic E-state index is 0.673. The molecule has 0 saturated heterocycles. The third-order valence-corrected chi connectivity index (χ3v) is 6.47. The summed E-state index contributed by atoms with van der Waals surface area (Å²) in [6, 6.07) is 18.0. The van der Waals surface area contributed by atoms with Crippen LogP contribution >= 0.6 is 34.9 Å². The molecular formula is C22H21ClN4OS2. The fourth-order valence-corrected chi connectivity index (χ4v) is 4.67. The maximum atomic E-state index is 5.97. The lowest BCUT2D eigenvalue weighted by Crippen LogP contribution is -2.06. The van der Waals surface area contributed by atoms with Crippen LogP contribution in [0.3, 0.4) is 0 Å². The molecule has 0 aliphatic heterocycles. The number of hydrogen-bond acceptors (Lipinski definition) is 6. The summed E-state index contributed by atoms with van der Waals surface area (Å²) in [5, 5.41) is 11.7. The fourth-order valence-electron chi connectivity index (χ4n) is 3.15. The van der Waals surface area contributed by atoms with Crippen LogP contribution in [0.2, 0.25) is 5.02 Å². The van der Waals surface area contributed by atoms with Gasteiger partial charge in [0, 0.05) is 10.8 Å². The van der Waals surface area contributed by atoms with Gasteiger partial charge in [0.25, 0.3) is 0 Å². The Labute approximate surface area is 189 Å². The normalized spacial score (nSPS) is 10.9. The van der Waals surface area contributed by atoms with E-state index in [1.165, 1.54) is 5.56 Å². The first kappa shape index (κ1) is 20.8. The Hall–Kier alpha value is -2.48. The number of nitrogens with zero attached hydrogens (tertiary/aromatic N) is 3. The van der Waals surface area contributed by atoms with E-state index in [4.69, 9.17) is 16.3 Å². The van der Waals surface area contributed by atoms with Gasteiger partial charge in [0.1, 0.15) is 5.75 Å². The number of benzene rings is 2. The van der Waals surface area contributed by atoms with Crippen LogP contribution < -0.4 is 9.46 Å². The third-order valence-electron chi connectivity index (χ3n) is 4.62. The second kappa shape index (κ2) is 9.55. The van der Waals surface area contributed by atoms with Crippen molar-refractivity contribution in [3.05, 3.63) is 76.1 Å². The summed E-state index contributed by atoms with van der Waals surface area (Å²) >= 11 is 9.20. The number of aromatic nitrogens is 3. The smallest absolute Gasteiger partial charge is 0.239 e. The van der Waals surface area contributed by atoms with Gasteiger partial charge < -0.3 is 4.74 Å². The monoisotopic (exact) mass is 456 g/mol. The average molecular weight is 457 g/mol. The zero-order valence-electron chi connectivity index (χ0n) is 16.6. The van der Waals surface area contributed by atoms with Crippen molar-refractivity contribution in [2.24, 2.45) is 0 Å². The molecule has 0 fully saturated rings. The van der Waals surface area contributed by atoms with Crippen molar-refractivity contribution in [2.45, 2.75) is 13.3 Å². The van der Waals surface area contributed by atoms with Gasteiger partial charge in [-0.15, -0.1) is 21.5 Å². The van der Waals surface area contributed by atoms with Crippen LogP contribution in [-0.4, -0.2) is 27.6 Å². The molecule has 1 N–H and O–H groups in total. The van der Waals surface area contributed by atoms with Gasteiger partial charge in [-0.1, -0.05) is 41.9 Å². The minimum absolute atomic E-state index is 0.673. The van der Waals surface area contributed by atoms with E-state index in [0.717, 1.165) is 44.9 Å². The lowest BCUT2D eigenvalue weighted by Gasteiger charge is -2.16. The van der Waals surface area contributed by atoms with Crippen LogP contribution in [0, 0.1) is 6.92 Å². The van der Waals surface area contributed by atoms with Crippen LogP contribution in [0.15, 0.2) is 60.0 Å². The number of ether oxygens (including phenoxy) is 1. The predicted molar refractivity (Wildman–Crippen MR) is 127 cm³/mol. The van der Waals surface area contributed by atoms with Gasteiger partial charge in [0.2, 0.25) is 5.95 Å². The number of thiophene rings is 1. The standard InChI is InChI=1S/C22H21ClN4OS2/c1-15-5-3-6-18(28-2)20(15)27-21(19-7-4-13-29-19)24-25-22(27)26-30-14-12-16-8-10-17(23)11-9-16/h3-11,13H,12,14H2,1-2H3,(H,25,26). The molecule has 2 aromatic carbocycles. The molecule has 30 heavy (non-hydrogen) atoms. The zero-order valence-corrected chi connectivity index (χ0v) is 19.0. The van der Waals surface area contributed by atoms with Crippen molar-refractivity contribution >= 4 is 40.8 Å². The summed E-state index contributed by atoms with van der Waals surface area (Å²) in [6.45, 7) is 2.06. The lowest BCUT2D eigenvalue weighted by atomic mass is 10.1. The van der Waals surface area contributed by atoms with Crippen LogP contribution in [0.4, 0.5) is 5.95 Å². The van der Waals surface area contributed by atoms with Gasteiger partial charge in [-0.05, 0) is 66.1 Å². The van der Waals surface area contributed by atoms with E-state index in [1.807, 2.05) is 46.3 Å². The molecule has 0 aliphatic rings. The highest BCUT2D eigenvalue weighted by Gasteiger charge is 2.20. The Morgan fingerprint density at radius 1 is 1.10 bits per heavy atom. The van der Waals surface area contributed by atoms with Gasteiger partial charge in [-0.2, -0.15) is 0 Å². The Balaban J connectivity index is 1.60. The molecule has 0 aliphatic carbocycles. The summed E-state index contributed by atoms with van der Waals surface area (Å²) in [5.41, 5.74) is 3.27. The van der Waals surface area contributed by atoms with E-state index in [0.29, 0.717) is 5.95 Å². The number of methoxy groups -OCH3 is 1. The summed E-state index contributed by atoms with van der Waals surface area (Å²) < 4.78 is 11.1. The molecule has 0 radical (unpaired) electrons. The van der Waals surface area contributed by atoms with Crippen LogP contribution in [0.1, 0.15) is 11.1 Å². The number of hydrogen-bond donors (Lipinski definition) is 1. The van der Waals surface area contributed by atoms with E-state index in [-0.39, 0.29) is 0 Å². The Morgan fingerprint density at radius 2 is 1.93 bits per heavy atom. The summed E-state index contributed by atoms with van der Waals surface area (Å²) in [4.78, 5) is 1.05. The highest BCUT2D eigenvalue weighted by atomic mass is 35.5. The van der Waals surface area contributed by atoms with Gasteiger partial charge >= 0.3 is 0 Å². The number of halogens is 1. The van der Waals surface area contributed by atoms with Crippen molar-refractivity contribution in [3.63, 3.8) is 0 Å². The number of aryl methyl sites for hydroxylation is 2. The SMILES string of the molecule is COc1cccc(C)c1-n1c(NSCCc2ccc(Cl)cc2)nnc1-c1cccs1. The maximum Gasteiger partial charge on any atom is 0.239 e. The quantitative estimate of drug-likeness (QED) is 0.250. The molecule has 0 saturated carbocycles. The summed E-state index contributed by atoms with van der Waals surface area (Å²) in [5.74, 6) is 3.13. The zero-order chi connectivity index (χ0) is 20.9. The average Bonchev–Trinajstić information content (AvgIpc) is 3.42. The molecule has 4 aromatic rings. The van der Waals surface area contributed by atoms with Crippen molar-refractivity contribution < 1.29 is 4.74 Å². The maximum absolute atomic E-state index is 5.97. The molecule has 0 unspecified atom stereocenters. The molecule has 154 valence electrons. The first-order valence-electron chi connectivity index (χ1n) is 9.43. The number of para-hydroxylation sites is 1. The fraction of sp³-hybridized carbons (Fsp3) is 0.182. The molecule has 8 heteroatoms. The second-order valence-corrected chi connectivity index (χ2v) is 8.90. The molecule has 0 spiro atoms. The highest BCUT2D eigenvalue weighted by molar-refractivity contribution is 8.00. The van der Waals surface area contributed by atoms with E-state index >= 15 is 0 Å². The van der Waals surface area contributed by atoms with Crippen LogP contribution in [-0.2, 0) is 6.42 Å². The van der Waals surface area contributed by atoms with E-state index in [9.17, 15) is 0 Å². The molecule has 0 atom stereocenters. The van der Waals surface area contributed by atoms with E-state index in [1.54, 1.807) is 30.4 Å². The van der Waals surface area contributed by atoms with Gasteiger partial charge in [0.15, 0.2) is 5.82 Å².